The zero-order valence-corrected chi connectivity index (χ0v) is 14.6. The van der Waals surface area contributed by atoms with Crippen LogP contribution in [0.3, 0.4) is 0 Å². The Morgan fingerprint density at radius 1 is 1.33 bits per heavy atom. The Morgan fingerprint density at radius 2 is 2.04 bits per heavy atom. The number of benzene rings is 1. The van der Waals surface area contributed by atoms with Crippen molar-refractivity contribution >= 4 is 35.1 Å². The number of hydrogen-bond acceptors (Lipinski definition) is 4. The number of carbonyl (C=O) groups excluding carboxylic acids is 1. The van der Waals surface area contributed by atoms with Gasteiger partial charge in [0.05, 0.1) is 11.2 Å². The van der Waals surface area contributed by atoms with Crippen molar-refractivity contribution in [2.75, 3.05) is 0 Å². The SMILES string of the molecule is CC(C)(NC(=O)CCc1ncc(-c2ccc(Cl)cc2Cl)o1)C(=O)O. The summed E-state index contributed by atoms with van der Waals surface area (Å²) in [6, 6.07) is 5.01. The number of oxazole rings is 1. The second-order valence-electron chi connectivity index (χ2n) is 5.72. The zero-order valence-electron chi connectivity index (χ0n) is 13.1. The predicted molar refractivity (Wildman–Crippen MR) is 90.1 cm³/mol. The number of carboxylic acids is 1. The Kier molecular flexibility index (Phi) is 5.51. The summed E-state index contributed by atoms with van der Waals surface area (Å²) in [6.45, 7) is 2.83. The maximum Gasteiger partial charge on any atom is 0.328 e. The lowest BCUT2D eigenvalue weighted by molar-refractivity contribution is -0.146. The van der Waals surface area contributed by atoms with Crippen molar-refractivity contribution in [2.45, 2.75) is 32.2 Å². The monoisotopic (exact) mass is 370 g/mol. The van der Waals surface area contributed by atoms with Crippen LogP contribution in [0.5, 0.6) is 0 Å². The fourth-order valence-electron chi connectivity index (χ4n) is 1.92. The molecule has 0 spiro atoms. The van der Waals surface area contributed by atoms with Gasteiger partial charge in [0.15, 0.2) is 11.7 Å². The average molecular weight is 371 g/mol. The van der Waals surface area contributed by atoms with Crippen LogP contribution in [0, 0.1) is 0 Å². The Balaban J connectivity index is 1.99. The molecule has 0 aliphatic rings. The smallest absolute Gasteiger partial charge is 0.328 e. The summed E-state index contributed by atoms with van der Waals surface area (Å²) in [6.07, 6.45) is 1.82. The van der Waals surface area contributed by atoms with Gasteiger partial charge in [-0.2, -0.15) is 0 Å². The maximum absolute atomic E-state index is 11.8. The van der Waals surface area contributed by atoms with Gasteiger partial charge in [0.2, 0.25) is 5.91 Å². The van der Waals surface area contributed by atoms with Gasteiger partial charge in [-0.15, -0.1) is 0 Å². The topological polar surface area (TPSA) is 92.4 Å². The van der Waals surface area contributed by atoms with Gasteiger partial charge >= 0.3 is 5.97 Å². The molecule has 1 amide bonds. The highest BCUT2D eigenvalue weighted by molar-refractivity contribution is 6.36. The molecule has 1 aromatic carbocycles. The third-order valence-corrected chi connectivity index (χ3v) is 3.85. The molecule has 0 aliphatic carbocycles. The minimum atomic E-state index is -1.32. The maximum atomic E-state index is 11.8. The number of carbonyl (C=O) groups is 2. The number of rotatable bonds is 6. The number of nitrogens with one attached hydrogen (secondary N) is 1. The molecule has 0 unspecified atom stereocenters. The van der Waals surface area contributed by atoms with Crippen molar-refractivity contribution in [2.24, 2.45) is 0 Å². The number of hydrogen-bond donors (Lipinski definition) is 2. The minimum Gasteiger partial charge on any atom is -0.480 e. The van der Waals surface area contributed by atoms with Gasteiger partial charge in [0, 0.05) is 23.4 Å². The van der Waals surface area contributed by atoms with Crippen LogP contribution in [-0.4, -0.2) is 27.5 Å². The van der Waals surface area contributed by atoms with E-state index in [2.05, 4.69) is 10.3 Å². The molecule has 1 aromatic heterocycles. The molecule has 24 heavy (non-hydrogen) atoms. The third-order valence-electron chi connectivity index (χ3n) is 3.30. The van der Waals surface area contributed by atoms with E-state index in [4.69, 9.17) is 32.7 Å². The van der Waals surface area contributed by atoms with Crippen LogP contribution < -0.4 is 5.32 Å². The first-order valence-corrected chi connectivity index (χ1v) is 7.89. The van der Waals surface area contributed by atoms with Gasteiger partial charge in [-0.1, -0.05) is 23.2 Å². The zero-order chi connectivity index (χ0) is 17.9. The van der Waals surface area contributed by atoms with Crippen LogP contribution >= 0.6 is 23.2 Å². The quantitative estimate of drug-likeness (QED) is 0.810. The predicted octanol–water partition coefficient (Wildman–Crippen LogP) is 3.56. The summed E-state index contributed by atoms with van der Waals surface area (Å²) in [5.41, 5.74) is -0.674. The van der Waals surface area contributed by atoms with Crippen molar-refractivity contribution in [1.82, 2.24) is 10.3 Å². The third kappa shape index (κ3) is 4.49. The number of carboxylic acid groups (broad SMARTS) is 1. The van der Waals surface area contributed by atoms with E-state index in [0.717, 1.165) is 0 Å². The van der Waals surface area contributed by atoms with E-state index in [-0.39, 0.29) is 12.8 Å². The van der Waals surface area contributed by atoms with Gasteiger partial charge in [0.1, 0.15) is 5.54 Å². The lowest BCUT2D eigenvalue weighted by Gasteiger charge is -2.20. The van der Waals surface area contributed by atoms with E-state index < -0.39 is 17.4 Å². The van der Waals surface area contributed by atoms with Gasteiger partial charge in [-0.05, 0) is 32.0 Å². The molecule has 1 heterocycles. The number of aromatic nitrogens is 1. The van der Waals surface area contributed by atoms with E-state index in [1.54, 1.807) is 18.2 Å². The number of aryl methyl sites for hydroxylation is 1. The fourth-order valence-corrected chi connectivity index (χ4v) is 2.43. The van der Waals surface area contributed by atoms with Gasteiger partial charge < -0.3 is 14.8 Å². The second-order valence-corrected chi connectivity index (χ2v) is 6.56. The summed E-state index contributed by atoms with van der Waals surface area (Å²) < 4.78 is 5.58. The summed E-state index contributed by atoms with van der Waals surface area (Å²) in [7, 11) is 0. The van der Waals surface area contributed by atoms with E-state index in [1.807, 2.05) is 0 Å². The van der Waals surface area contributed by atoms with Crippen LogP contribution in [0.1, 0.15) is 26.2 Å². The first-order chi connectivity index (χ1) is 11.2. The Labute approximate surface area is 148 Å². The van der Waals surface area contributed by atoms with Crippen LogP contribution in [0.4, 0.5) is 0 Å². The van der Waals surface area contributed by atoms with Gasteiger partial charge in [-0.25, -0.2) is 9.78 Å². The molecule has 8 heteroatoms. The van der Waals surface area contributed by atoms with Gasteiger partial charge in [0.25, 0.3) is 0 Å². The highest BCUT2D eigenvalue weighted by atomic mass is 35.5. The van der Waals surface area contributed by atoms with Crippen LogP contribution in [0.2, 0.25) is 10.0 Å². The number of aliphatic carboxylic acids is 1. The molecule has 0 radical (unpaired) electrons. The molecule has 0 fully saturated rings. The molecule has 128 valence electrons. The standard InChI is InChI=1S/C16H16Cl2N2O4/c1-16(2,15(22)23)20-13(21)5-6-14-19-8-12(24-14)10-4-3-9(17)7-11(10)18/h3-4,7-8H,5-6H2,1-2H3,(H,20,21)(H,22,23). The van der Waals surface area contributed by atoms with E-state index in [9.17, 15) is 9.59 Å². The van der Waals surface area contributed by atoms with Crippen LogP contribution in [0.25, 0.3) is 11.3 Å². The molecule has 2 rings (SSSR count). The molecular weight excluding hydrogens is 355 g/mol. The Bertz CT molecular complexity index is 771. The highest BCUT2D eigenvalue weighted by Gasteiger charge is 2.28. The highest BCUT2D eigenvalue weighted by Crippen LogP contribution is 2.30. The molecule has 0 bridgehead atoms. The lowest BCUT2D eigenvalue weighted by atomic mass is 10.1. The molecule has 0 saturated heterocycles. The molecule has 2 aromatic rings. The molecule has 2 N–H and O–H groups in total. The minimum absolute atomic E-state index is 0.0605. The summed E-state index contributed by atoms with van der Waals surface area (Å²) in [4.78, 5) is 26.9. The number of halogens is 2. The normalized spacial score (nSPS) is 11.3. The van der Waals surface area contributed by atoms with Crippen LogP contribution in [-0.2, 0) is 16.0 Å². The first kappa shape index (κ1) is 18.3. The average Bonchev–Trinajstić information content (AvgIpc) is 2.93. The number of nitrogens with zero attached hydrogens (tertiary/aromatic N) is 1. The first-order valence-electron chi connectivity index (χ1n) is 7.13. The summed E-state index contributed by atoms with van der Waals surface area (Å²) >= 11 is 12.0. The van der Waals surface area contributed by atoms with Gasteiger partial charge in [-0.3, -0.25) is 4.79 Å². The summed E-state index contributed by atoms with van der Waals surface area (Å²) in [5, 5.41) is 12.4. The van der Waals surface area contributed by atoms with E-state index >= 15 is 0 Å². The number of amides is 1. The van der Waals surface area contributed by atoms with Crippen molar-refractivity contribution in [1.29, 1.82) is 0 Å². The molecule has 0 atom stereocenters. The Morgan fingerprint density at radius 3 is 2.67 bits per heavy atom. The molecular formula is C16H16Cl2N2O4. The van der Waals surface area contributed by atoms with Crippen LogP contribution in [0.15, 0.2) is 28.8 Å². The van der Waals surface area contributed by atoms with Crippen molar-refractivity contribution in [3.63, 3.8) is 0 Å². The second kappa shape index (κ2) is 7.23. The largest absolute Gasteiger partial charge is 0.480 e. The van der Waals surface area contributed by atoms with Crippen molar-refractivity contribution in [3.8, 4) is 11.3 Å². The van der Waals surface area contributed by atoms with Crippen molar-refractivity contribution < 1.29 is 19.1 Å². The summed E-state index contributed by atoms with van der Waals surface area (Å²) in [5.74, 6) is -0.671. The van der Waals surface area contributed by atoms with E-state index in [1.165, 1.54) is 20.0 Å². The molecule has 6 nitrogen and oxygen atoms in total. The fraction of sp³-hybridized carbons (Fsp3) is 0.312. The molecule has 0 aliphatic heterocycles. The van der Waals surface area contributed by atoms with E-state index in [0.29, 0.717) is 27.3 Å². The lowest BCUT2D eigenvalue weighted by Crippen LogP contribution is -2.49. The Hall–Kier alpha value is -2.05. The molecule has 0 saturated carbocycles. The van der Waals surface area contributed by atoms with Crippen molar-refractivity contribution in [3.05, 3.63) is 40.3 Å².